The standard InChI is InChI=1S/C17H20N4O3.C17H17N3O3.C16H20N2O2.C15H18N2.C15H17NO3.C15H23N.C12H15NO.C9H14N2O2/c1-20-13(22)10-17(16(20)24)6-8-21(9-7-17)15(23)12-4-2-11(3-5-12)14(18)19;1-18-13-5-3-12(4-6-13)15(22)20-9-7-17(8-10-20)11-14(21)19(2)16(17)23;1-17-14(19)11-16(15(17)20)7-9-18(10-8-16)12-13-5-3-2-4-6-13;1-13(11-16)15-7-9-17(10-8-15)12-14-5-3-2-4-6-14;17-13-10-15(14(18)19-13)6-8-16(9-7-15)11-12-4-2-1-3-5-12;1-3-15(2)9-11-16(12-10-15)13-14-7-5-4-6-8-14;14-12-6-8-13(9-7-12)10-11-4-2-1-3-5-11;1-11-7(12)6-9(8(11)13)2-4-10-5-3-9/h2-5H,6-10H2,1H3,(H3,18,19);3-6H,7-11H2,2H3;2-6H,7-12H2,1H3;2-6H,7-10,12H2,1H3;1-5H,6-11H2;4-8H,3,9-13H2,1-2H3;1-5H,6-10H2;10H,2-6H2,1H3. The van der Waals surface area contributed by atoms with Crippen molar-refractivity contribution in [2.75, 3.05) is 133 Å². The first-order valence-electron chi connectivity index (χ1n) is 51.7. The van der Waals surface area contributed by atoms with Crippen LogP contribution < -0.4 is 11.1 Å². The number of imide groups is 4. The van der Waals surface area contributed by atoms with Crippen LogP contribution in [0.15, 0.2) is 211 Å². The topological polar surface area (TPSA) is 357 Å². The number of hydrogen-bond donors (Lipinski definition) is 3. The summed E-state index contributed by atoms with van der Waals surface area (Å²) in [6.07, 6.45) is 15.9. The number of amidine groups is 1. The third kappa shape index (κ3) is 28.4. The molecule has 146 heavy (non-hydrogen) atoms. The van der Waals surface area contributed by atoms with Gasteiger partial charge in [-0.15, -0.1) is 0 Å². The van der Waals surface area contributed by atoms with Crippen molar-refractivity contribution >= 4 is 88.3 Å². The molecular weight excluding hydrogens is 1840 g/mol. The number of nitrogen functional groups attached to an aromatic ring is 1. The molecular formula is C116H144N16O14. The zero-order valence-corrected chi connectivity index (χ0v) is 86.1. The summed E-state index contributed by atoms with van der Waals surface area (Å²) in [6, 6.07) is 67.9. The highest BCUT2D eigenvalue weighted by molar-refractivity contribution is 6.08. The normalized spacial score (nSPS) is 20.9. The van der Waals surface area contributed by atoms with Crippen LogP contribution in [0.4, 0.5) is 5.69 Å². The number of likely N-dealkylation sites (tertiary alicyclic amines) is 11. The van der Waals surface area contributed by atoms with Crippen molar-refractivity contribution < 1.29 is 67.1 Å². The zero-order chi connectivity index (χ0) is 104. The summed E-state index contributed by atoms with van der Waals surface area (Å²) in [7, 11) is 6.24. The van der Waals surface area contributed by atoms with Crippen molar-refractivity contribution in [1.82, 2.24) is 59.2 Å². The van der Waals surface area contributed by atoms with Gasteiger partial charge in [0.15, 0.2) is 5.69 Å². The summed E-state index contributed by atoms with van der Waals surface area (Å²) in [4.78, 5) is 178. The highest BCUT2D eigenvalue weighted by Crippen LogP contribution is 2.47. The quantitative estimate of drug-likeness (QED) is 0.0173. The van der Waals surface area contributed by atoms with E-state index in [9.17, 15) is 62.3 Å². The van der Waals surface area contributed by atoms with Crippen molar-refractivity contribution in [1.29, 1.82) is 10.7 Å². The van der Waals surface area contributed by atoms with Crippen molar-refractivity contribution in [2.45, 2.75) is 195 Å². The van der Waals surface area contributed by atoms with E-state index in [0.717, 1.165) is 168 Å². The molecule has 772 valence electrons. The number of nitriles is 1. The van der Waals surface area contributed by atoms with Crippen molar-refractivity contribution in [3.63, 3.8) is 0 Å². The van der Waals surface area contributed by atoms with Gasteiger partial charge in [-0.05, 0) is 195 Å². The maximum absolute atomic E-state index is 12.6. The summed E-state index contributed by atoms with van der Waals surface area (Å²) in [5.41, 5.74) is 14.6. The molecule has 0 aliphatic carbocycles. The van der Waals surface area contributed by atoms with E-state index in [1.54, 1.807) is 72.4 Å². The number of ether oxygens (including phenoxy) is 1. The van der Waals surface area contributed by atoms with Crippen LogP contribution in [0, 0.1) is 55.8 Å². The van der Waals surface area contributed by atoms with Gasteiger partial charge in [0.25, 0.3) is 11.8 Å². The van der Waals surface area contributed by atoms with Gasteiger partial charge in [0, 0.05) is 174 Å². The number of cyclic esters (lactones) is 2. The molecule has 5 spiro atoms. The summed E-state index contributed by atoms with van der Waals surface area (Å²) in [6.45, 7) is 32.1. The molecule has 0 atom stereocenters. The number of carbonyl (C=O) groups excluding carboxylic acids is 13. The van der Waals surface area contributed by atoms with Crippen LogP contribution in [0.3, 0.4) is 0 Å². The molecule has 0 radical (unpaired) electrons. The van der Waals surface area contributed by atoms with Crippen molar-refractivity contribution in [3.05, 3.63) is 267 Å². The van der Waals surface area contributed by atoms with E-state index in [0.29, 0.717) is 98.3 Å². The lowest BCUT2D eigenvalue weighted by Gasteiger charge is -2.38. The number of benzene rings is 7. The second-order valence-electron chi connectivity index (χ2n) is 41.9. The first-order chi connectivity index (χ1) is 70.1. The van der Waals surface area contributed by atoms with Crippen LogP contribution in [0.1, 0.15) is 216 Å². The second-order valence-corrected chi connectivity index (χ2v) is 41.9. The lowest BCUT2D eigenvalue weighted by atomic mass is 9.77. The molecule has 10 amide bonds. The number of piperidine rings is 8. The maximum atomic E-state index is 12.6. The van der Waals surface area contributed by atoms with Gasteiger partial charge in [-0.2, -0.15) is 5.26 Å². The Hall–Kier alpha value is -13.2. The van der Waals surface area contributed by atoms with E-state index < -0.39 is 21.7 Å². The minimum atomic E-state index is -0.624. The van der Waals surface area contributed by atoms with Gasteiger partial charge < -0.3 is 25.6 Å². The molecule has 7 aromatic carbocycles. The third-order valence-electron chi connectivity index (χ3n) is 32.2. The van der Waals surface area contributed by atoms with Crippen molar-refractivity contribution in [3.8, 4) is 6.07 Å². The Balaban J connectivity index is 0.000000141. The minimum absolute atomic E-state index is 0.0214. The smallest absolute Gasteiger partial charge is 0.320 e. The van der Waals surface area contributed by atoms with Gasteiger partial charge in [-0.3, -0.25) is 112 Å². The molecule has 4 N–H and O–H groups in total. The summed E-state index contributed by atoms with van der Waals surface area (Å²) < 4.78 is 4.71. The van der Waals surface area contributed by atoms with Crippen molar-refractivity contribution in [2.24, 2.45) is 38.2 Å². The Labute approximate surface area is 859 Å². The molecule has 30 heteroatoms. The fraction of sp³-hybridized carbons (Fsp3) is 0.483. The Morgan fingerprint density at radius 3 is 0.952 bits per heavy atom. The SMILES string of the molecule is CC(C#N)=C1CCN(Cc2ccccc2)CC1.CCC1(C)CCN(Cc2ccccc2)CC1.CN1C(=O)CC2(CCN(C(=O)c3ccc(C(=N)N)cc3)CC2)C1=O.CN1C(=O)CC2(CCN(Cc3ccccc3)CC2)C1=O.CN1C(=O)CC2(CCNCC2)C1=O.O=C1CC2(CCN(Cc3ccccc3)CC2)C(=O)O1.O=C1CCN(Cc2ccccc2)CC1.[C-]#[N+]c1ccc(C(=O)N2CCC3(CC2)CC(=O)N(C)C3=O)cc1. The van der Waals surface area contributed by atoms with Crippen LogP contribution in [0.2, 0.25) is 0 Å². The van der Waals surface area contributed by atoms with Gasteiger partial charge in [0.1, 0.15) is 11.6 Å². The van der Waals surface area contributed by atoms with Gasteiger partial charge in [0.05, 0.1) is 46.1 Å². The number of carbonyl (C=O) groups is 13. The lowest BCUT2D eigenvalue weighted by molar-refractivity contribution is -0.156. The Morgan fingerprint density at radius 2 is 0.671 bits per heavy atom. The van der Waals surface area contributed by atoms with E-state index in [1.165, 1.54) is 99.4 Å². The number of nitrogens with two attached hydrogens (primary N) is 1. The van der Waals surface area contributed by atoms with Crippen LogP contribution in [0.5, 0.6) is 0 Å². The molecule has 13 aliphatic heterocycles. The number of allylic oxidation sites excluding steroid dienone is 1. The second kappa shape index (κ2) is 50.7. The van der Waals surface area contributed by atoms with Gasteiger partial charge in [-0.1, -0.05) is 214 Å². The van der Waals surface area contributed by atoms with E-state index >= 15 is 0 Å². The summed E-state index contributed by atoms with van der Waals surface area (Å²) >= 11 is 0. The molecule has 0 saturated carbocycles. The Morgan fingerprint density at radius 1 is 0.390 bits per heavy atom. The highest BCUT2D eigenvalue weighted by Gasteiger charge is 2.56. The lowest BCUT2D eigenvalue weighted by Crippen LogP contribution is -2.46. The molecule has 30 nitrogen and oxygen atoms in total. The van der Waals surface area contributed by atoms with E-state index in [2.05, 4.69) is 176 Å². The van der Waals surface area contributed by atoms with E-state index in [1.807, 2.05) is 37.3 Å². The maximum Gasteiger partial charge on any atom is 0.320 e. The van der Waals surface area contributed by atoms with E-state index in [4.69, 9.17) is 27.7 Å². The van der Waals surface area contributed by atoms with Crippen LogP contribution >= 0.6 is 0 Å². The highest BCUT2D eigenvalue weighted by atomic mass is 16.6. The summed E-state index contributed by atoms with van der Waals surface area (Å²) in [5.74, 6) is -0.994. The number of esters is 2. The fourth-order valence-electron chi connectivity index (χ4n) is 21.9. The minimum Gasteiger partial charge on any atom is -0.393 e. The number of Topliss-reactive ketones (excluding diaryl/α,β-unsaturated/α-hetero) is 1. The van der Waals surface area contributed by atoms with E-state index in [-0.39, 0.29) is 102 Å². The summed E-state index contributed by atoms with van der Waals surface area (Å²) in [5, 5.41) is 19.4. The molecule has 0 aromatic heterocycles. The Bertz CT molecular complexity index is 5850. The van der Waals surface area contributed by atoms with Gasteiger partial charge in [-0.25, -0.2) is 4.85 Å². The monoisotopic (exact) mass is 1990 g/mol. The fourth-order valence-corrected chi connectivity index (χ4v) is 21.9. The van der Waals surface area contributed by atoms with Crippen LogP contribution in [-0.4, -0.2) is 269 Å². The molecule has 13 heterocycles. The number of ketones is 1. The molecule has 13 aliphatic rings. The predicted octanol–water partition coefficient (Wildman–Crippen LogP) is 14.2. The van der Waals surface area contributed by atoms with Gasteiger partial charge >= 0.3 is 11.9 Å². The molecule has 13 fully saturated rings. The van der Waals surface area contributed by atoms with Gasteiger partial charge in [0.2, 0.25) is 47.3 Å². The number of rotatable bonds is 14. The molecule has 13 saturated heterocycles. The number of hydrogen-bond acceptors (Lipinski definition) is 22. The predicted molar refractivity (Wildman–Crippen MR) is 556 cm³/mol. The average molecular weight is 1990 g/mol. The zero-order valence-electron chi connectivity index (χ0n) is 86.1. The first kappa shape index (κ1) is 110. The van der Waals surface area contributed by atoms with Crippen LogP contribution in [0.25, 0.3) is 4.85 Å². The number of nitrogens with zero attached hydrogens (tertiary/aromatic N) is 13. The third-order valence-corrected chi connectivity index (χ3v) is 32.2. The molecule has 0 unspecified atom stereocenters. The number of amides is 10. The molecule has 0 bridgehead atoms. The molecule has 7 aromatic rings. The average Bonchev–Trinajstić information content (AvgIpc) is 1.77. The first-order valence-corrected chi connectivity index (χ1v) is 51.7. The Kier molecular flexibility index (Phi) is 38.2. The van der Waals surface area contributed by atoms with Crippen LogP contribution in [-0.2, 0) is 90.2 Å². The number of nitrogens with one attached hydrogen (secondary N) is 2. The molecule has 20 rings (SSSR count). The largest absolute Gasteiger partial charge is 0.393 e.